The highest BCUT2D eigenvalue weighted by atomic mass is 16.5. The SMILES string of the molecule is C=C=C1CCC[C@@]12N[C@H](c1ccccc1)COC2=O. The molecule has 1 aliphatic heterocycles. The maximum atomic E-state index is 12.2. The van der Waals surface area contributed by atoms with Gasteiger partial charge in [0.2, 0.25) is 0 Å². The third-order valence-corrected chi connectivity index (χ3v) is 4.06. The summed E-state index contributed by atoms with van der Waals surface area (Å²) in [6.45, 7) is 4.10. The van der Waals surface area contributed by atoms with Crippen LogP contribution in [0, 0.1) is 0 Å². The molecule has 0 radical (unpaired) electrons. The average Bonchev–Trinajstić information content (AvgIpc) is 2.86. The van der Waals surface area contributed by atoms with Crippen LogP contribution in [0.4, 0.5) is 0 Å². The Morgan fingerprint density at radius 1 is 1.37 bits per heavy atom. The molecule has 3 heteroatoms. The van der Waals surface area contributed by atoms with Gasteiger partial charge in [0.05, 0.1) is 6.04 Å². The Morgan fingerprint density at radius 2 is 2.16 bits per heavy atom. The van der Waals surface area contributed by atoms with Gasteiger partial charge in [-0.2, -0.15) is 0 Å². The molecule has 1 aromatic rings. The number of hydrogen-bond donors (Lipinski definition) is 1. The molecule has 1 saturated heterocycles. The zero-order chi connectivity index (χ0) is 13.3. The molecule has 2 aliphatic rings. The predicted molar refractivity (Wildman–Crippen MR) is 72.5 cm³/mol. The molecule has 19 heavy (non-hydrogen) atoms. The summed E-state index contributed by atoms with van der Waals surface area (Å²) in [5.41, 5.74) is 4.32. The normalized spacial score (nSPS) is 30.2. The van der Waals surface area contributed by atoms with E-state index in [2.05, 4.69) is 29.8 Å². The molecular formula is C16H17NO2. The van der Waals surface area contributed by atoms with Gasteiger partial charge in [-0.3, -0.25) is 5.32 Å². The third-order valence-electron chi connectivity index (χ3n) is 4.06. The molecule has 0 bridgehead atoms. The highest BCUT2D eigenvalue weighted by Crippen LogP contribution is 2.39. The second-order valence-corrected chi connectivity index (χ2v) is 5.12. The second-order valence-electron chi connectivity index (χ2n) is 5.12. The van der Waals surface area contributed by atoms with E-state index >= 15 is 0 Å². The fourth-order valence-electron chi connectivity index (χ4n) is 3.06. The molecular weight excluding hydrogens is 238 g/mol. The van der Waals surface area contributed by atoms with Gasteiger partial charge in [-0.15, -0.1) is 5.73 Å². The van der Waals surface area contributed by atoms with Crippen molar-refractivity contribution in [2.24, 2.45) is 0 Å². The van der Waals surface area contributed by atoms with Gasteiger partial charge in [0.25, 0.3) is 0 Å². The maximum Gasteiger partial charge on any atom is 0.331 e. The lowest BCUT2D eigenvalue weighted by Crippen LogP contribution is -2.58. The van der Waals surface area contributed by atoms with Gasteiger partial charge in [-0.1, -0.05) is 36.9 Å². The van der Waals surface area contributed by atoms with Crippen LogP contribution in [0.25, 0.3) is 0 Å². The Hall–Kier alpha value is -1.83. The minimum absolute atomic E-state index is 0.0420. The number of esters is 1. The lowest BCUT2D eigenvalue weighted by Gasteiger charge is -2.38. The Kier molecular flexibility index (Phi) is 3.02. The Bertz CT molecular complexity index is 545. The Labute approximate surface area is 113 Å². The fraction of sp³-hybridized carbons (Fsp3) is 0.375. The first kappa shape index (κ1) is 12.2. The van der Waals surface area contributed by atoms with Crippen LogP contribution >= 0.6 is 0 Å². The van der Waals surface area contributed by atoms with E-state index in [0.717, 1.165) is 30.4 Å². The lowest BCUT2D eigenvalue weighted by atomic mass is 9.89. The number of carbonyl (C=O) groups is 1. The summed E-state index contributed by atoms with van der Waals surface area (Å²) >= 11 is 0. The lowest BCUT2D eigenvalue weighted by molar-refractivity contribution is -0.156. The molecule has 0 unspecified atom stereocenters. The first-order valence-corrected chi connectivity index (χ1v) is 6.65. The van der Waals surface area contributed by atoms with E-state index in [1.54, 1.807) is 0 Å². The van der Waals surface area contributed by atoms with Gasteiger partial charge in [-0.05, 0) is 24.8 Å². The van der Waals surface area contributed by atoms with Crippen molar-refractivity contribution < 1.29 is 9.53 Å². The monoisotopic (exact) mass is 255 g/mol. The Balaban J connectivity index is 1.94. The molecule has 3 rings (SSSR count). The Morgan fingerprint density at radius 3 is 2.89 bits per heavy atom. The molecule has 1 spiro atoms. The van der Waals surface area contributed by atoms with E-state index < -0.39 is 5.54 Å². The summed E-state index contributed by atoms with van der Waals surface area (Å²) in [5, 5.41) is 3.48. The maximum absolute atomic E-state index is 12.2. The highest BCUT2D eigenvalue weighted by molar-refractivity contribution is 5.86. The van der Waals surface area contributed by atoms with Crippen molar-refractivity contribution in [3.63, 3.8) is 0 Å². The van der Waals surface area contributed by atoms with Gasteiger partial charge in [0.15, 0.2) is 0 Å². The molecule has 1 aliphatic carbocycles. The summed E-state index contributed by atoms with van der Waals surface area (Å²) in [4.78, 5) is 12.2. The largest absolute Gasteiger partial charge is 0.462 e. The van der Waals surface area contributed by atoms with Crippen molar-refractivity contribution in [1.29, 1.82) is 0 Å². The summed E-state index contributed by atoms with van der Waals surface area (Å²) in [5.74, 6) is -0.177. The second kappa shape index (κ2) is 4.69. The molecule has 0 amide bonds. The molecule has 0 aromatic heterocycles. The summed E-state index contributed by atoms with van der Waals surface area (Å²) in [6.07, 6.45) is 2.61. The number of morpholine rings is 1. The zero-order valence-electron chi connectivity index (χ0n) is 10.8. The van der Waals surface area contributed by atoms with Gasteiger partial charge in [0.1, 0.15) is 12.1 Å². The van der Waals surface area contributed by atoms with Gasteiger partial charge >= 0.3 is 5.97 Å². The van der Waals surface area contributed by atoms with Crippen LogP contribution in [0.15, 0.2) is 48.2 Å². The van der Waals surface area contributed by atoms with Crippen molar-refractivity contribution in [3.8, 4) is 0 Å². The quantitative estimate of drug-likeness (QED) is 0.619. The van der Waals surface area contributed by atoms with E-state index in [1.165, 1.54) is 0 Å². The minimum Gasteiger partial charge on any atom is -0.462 e. The summed E-state index contributed by atoms with van der Waals surface area (Å²) < 4.78 is 5.42. The zero-order valence-corrected chi connectivity index (χ0v) is 10.8. The molecule has 98 valence electrons. The van der Waals surface area contributed by atoms with Crippen molar-refractivity contribution in [1.82, 2.24) is 5.32 Å². The van der Waals surface area contributed by atoms with E-state index in [9.17, 15) is 4.79 Å². The number of nitrogens with one attached hydrogen (secondary N) is 1. The van der Waals surface area contributed by atoms with Crippen LogP contribution in [0.2, 0.25) is 0 Å². The molecule has 2 atom stereocenters. The smallest absolute Gasteiger partial charge is 0.331 e. The number of benzene rings is 1. The molecule has 1 N–H and O–H groups in total. The summed E-state index contributed by atoms with van der Waals surface area (Å²) in [6, 6.07) is 10.1. The first-order valence-electron chi connectivity index (χ1n) is 6.65. The van der Waals surface area contributed by atoms with Crippen LogP contribution in [-0.2, 0) is 9.53 Å². The summed E-state index contributed by atoms with van der Waals surface area (Å²) in [7, 11) is 0. The van der Waals surface area contributed by atoms with E-state index in [0.29, 0.717) is 6.61 Å². The third kappa shape index (κ3) is 1.92. The number of hydrogen-bond acceptors (Lipinski definition) is 3. The van der Waals surface area contributed by atoms with Gasteiger partial charge in [-0.25, -0.2) is 4.79 Å². The van der Waals surface area contributed by atoms with Crippen LogP contribution < -0.4 is 5.32 Å². The fourth-order valence-corrected chi connectivity index (χ4v) is 3.06. The molecule has 3 nitrogen and oxygen atoms in total. The number of cyclic esters (lactones) is 1. The molecule has 1 heterocycles. The van der Waals surface area contributed by atoms with Crippen LogP contribution in [0.3, 0.4) is 0 Å². The number of rotatable bonds is 1. The van der Waals surface area contributed by atoms with Crippen molar-refractivity contribution in [2.45, 2.75) is 30.8 Å². The van der Waals surface area contributed by atoms with Gasteiger partial charge in [0, 0.05) is 5.57 Å². The standard InChI is InChI=1S/C16H17NO2/c1-2-13-9-6-10-16(13)15(18)19-11-14(17-16)12-7-4-3-5-8-12/h3-5,7-8,14,17H,1,6,9-11H2/t14-,16+/m0/s1. The topological polar surface area (TPSA) is 38.3 Å². The van der Waals surface area contributed by atoms with E-state index in [-0.39, 0.29) is 12.0 Å². The van der Waals surface area contributed by atoms with Crippen molar-refractivity contribution >= 4 is 5.97 Å². The number of carbonyl (C=O) groups excluding carboxylic acids is 1. The van der Waals surface area contributed by atoms with E-state index in [1.807, 2.05) is 18.2 Å². The molecule has 2 fully saturated rings. The molecule has 1 aromatic carbocycles. The minimum atomic E-state index is -0.694. The van der Waals surface area contributed by atoms with Crippen LogP contribution in [0.5, 0.6) is 0 Å². The van der Waals surface area contributed by atoms with Crippen LogP contribution in [0.1, 0.15) is 30.9 Å². The molecule has 1 saturated carbocycles. The van der Waals surface area contributed by atoms with E-state index in [4.69, 9.17) is 4.74 Å². The van der Waals surface area contributed by atoms with Crippen molar-refractivity contribution in [2.75, 3.05) is 6.61 Å². The van der Waals surface area contributed by atoms with Crippen molar-refractivity contribution in [3.05, 3.63) is 53.8 Å². The predicted octanol–water partition coefficient (Wildman–Crippen LogP) is 2.51. The number of ether oxygens (including phenoxy) is 1. The van der Waals surface area contributed by atoms with Gasteiger partial charge < -0.3 is 4.74 Å². The highest BCUT2D eigenvalue weighted by Gasteiger charge is 2.50. The first-order chi connectivity index (χ1) is 9.26. The van der Waals surface area contributed by atoms with Crippen LogP contribution in [-0.4, -0.2) is 18.1 Å². The average molecular weight is 255 g/mol.